The minimum atomic E-state index is -0.218. The Hall–Kier alpha value is -2.74. The van der Waals surface area contributed by atoms with E-state index in [0.717, 1.165) is 36.5 Å². The molecule has 6 nitrogen and oxygen atoms in total. The second-order valence-electron chi connectivity index (χ2n) is 7.73. The fourth-order valence-corrected chi connectivity index (χ4v) is 4.84. The number of carbonyl (C=O) groups is 2. The number of nitrogens with zero attached hydrogens (tertiary/aromatic N) is 2. The lowest BCUT2D eigenvalue weighted by atomic mass is 10.1. The molecule has 0 spiro atoms. The molecule has 1 saturated heterocycles. The summed E-state index contributed by atoms with van der Waals surface area (Å²) in [6.07, 6.45) is 2.48. The standard InChI is InChI=1S/C24H25ClN4O2S/c25-20-11-5-4-10-19(20)21(29-12-6-7-13-29)15-26-22(30)14-18-16-32-24(27-18)28-23(31)17-8-2-1-3-9-17/h1-5,8-11,16,21H,6-7,12-15H2,(H,26,30)(H,27,28,31). The maximum absolute atomic E-state index is 12.6. The molecule has 1 aliphatic rings. The molecule has 1 atom stereocenters. The maximum Gasteiger partial charge on any atom is 0.257 e. The second-order valence-corrected chi connectivity index (χ2v) is 8.99. The van der Waals surface area contributed by atoms with Gasteiger partial charge in [0.15, 0.2) is 5.13 Å². The third kappa shape index (κ3) is 5.73. The lowest BCUT2D eigenvalue weighted by Crippen LogP contribution is -2.37. The topological polar surface area (TPSA) is 74.3 Å². The van der Waals surface area contributed by atoms with Gasteiger partial charge in [-0.3, -0.25) is 19.8 Å². The summed E-state index contributed by atoms with van der Waals surface area (Å²) in [6, 6.07) is 16.8. The molecule has 2 aromatic carbocycles. The van der Waals surface area contributed by atoms with Crippen LogP contribution in [-0.4, -0.2) is 41.3 Å². The fraction of sp³-hybridized carbons (Fsp3) is 0.292. The predicted octanol–water partition coefficient (Wildman–Crippen LogP) is 4.54. The van der Waals surface area contributed by atoms with Crippen molar-refractivity contribution in [3.8, 4) is 0 Å². The van der Waals surface area contributed by atoms with Crippen molar-refractivity contribution in [2.45, 2.75) is 25.3 Å². The molecule has 1 unspecified atom stereocenters. The normalized spacial score (nSPS) is 14.8. The summed E-state index contributed by atoms with van der Waals surface area (Å²) in [6.45, 7) is 2.49. The zero-order valence-electron chi connectivity index (χ0n) is 17.6. The van der Waals surface area contributed by atoms with Gasteiger partial charge in [0.05, 0.1) is 18.2 Å². The van der Waals surface area contributed by atoms with E-state index in [1.807, 2.05) is 42.5 Å². The van der Waals surface area contributed by atoms with Gasteiger partial charge in [-0.1, -0.05) is 48.0 Å². The third-order valence-electron chi connectivity index (χ3n) is 5.49. The Morgan fingerprint density at radius 2 is 1.78 bits per heavy atom. The summed E-state index contributed by atoms with van der Waals surface area (Å²) < 4.78 is 0. The first-order valence-electron chi connectivity index (χ1n) is 10.7. The summed E-state index contributed by atoms with van der Waals surface area (Å²) in [5.41, 5.74) is 2.23. The van der Waals surface area contributed by atoms with E-state index < -0.39 is 0 Å². The summed E-state index contributed by atoms with van der Waals surface area (Å²) in [5.74, 6) is -0.323. The van der Waals surface area contributed by atoms with Crippen molar-refractivity contribution in [3.05, 3.63) is 81.8 Å². The highest BCUT2D eigenvalue weighted by molar-refractivity contribution is 7.14. The van der Waals surface area contributed by atoms with Gasteiger partial charge in [-0.05, 0) is 49.7 Å². The van der Waals surface area contributed by atoms with Gasteiger partial charge in [-0.15, -0.1) is 11.3 Å². The highest BCUT2D eigenvalue weighted by atomic mass is 35.5. The summed E-state index contributed by atoms with van der Waals surface area (Å²) >= 11 is 7.76. The number of anilines is 1. The molecule has 0 bridgehead atoms. The average Bonchev–Trinajstić information content (AvgIpc) is 3.48. The van der Waals surface area contributed by atoms with Crippen molar-refractivity contribution in [3.63, 3.8) is 0 Å². The molecule has 0 radical (unpaired) electrons. The van der Waals surface area contributed by atoms with E-state index in [9.17, 15) is 9.59 Å². The molecule has 32 heavy (non-hydrogen) atoms. The number of carbonyl (C=O) groups excluding carboxylic acids is 2. The molecule has 4 rings (SSSR count). The molecule has 2 N–H and O–H groups in total. The van der Waals surface area contributed by atoms with Gasteiger partial charge in [0.25, 0.3) is 5.91 Å². The van der Waals surface area contributed by atoms with Crippen molar-refractivity contribution in [1.29, 1.82) is 0 Å². The van der Waals surface area contributed by atoms with Crippen molar-refractivity contribution in [2.24, 2.45) is 0 Å². The average molecular weight is 469 g/mol. The molecular formula is C24H25ClN4O2S. The number of hydrogen-bond donors (Lipinski definition) is 2. The van der Waals surface area contributed by atoms with E-state index in [-0.39, 0.29) is 24.3 Å². The minimum absolute atomic E-state index is 0.0475. The monoisotopic (exact) mass is 468 g/mol. The predicted molar refractivity (Wildman–Crippen MR) is 128 cm³/mol. The molecule has 0 saturated carbocycles. The molecule has 1 aliphatic heterocycles. The van der Waals surface area contributed by atoms with Crippen LogP contribution in [0.5, 0.6) is 0 Å². The first-order valence-corrected chi connectivity index (χ1v) is 11.9. The van der Waals surface area contributed by atoms with Crippen LogP contribution in [0.4, 0.5) is 5.13 Å². The second kappa shape index (κ2) is 10.7. The van der Waals surface area contributed by atoms with E-state index >= 15 is 0 Å². The SMILES string of the molecule is O=C(Cc1csc(NC(=O)c2ccccc2)n1)NCC(c1ccccc1Cl)N1CCCC1. The zero-order chi connectivity index (χ0) is 22.3. The van der Waals surface area contributed by atoms with Crippen LogP contribution in [0.25, 0.3) is 0 Å². The number of aromatic nitrogens is 1. The van der Waals surface area contributed by atoms with E-state index in [1.54, 1.807) is 17.5 Å². The number of thiazole rings is 1. The van der Waals surface area contributed by atoms with Gasteiger partial charge in [0.2, 0.25) is 5.91 Å². The number of rotatable bonds is 8. The Morgan fingerprint density at radius 1 is 1.06 bits per heavy atom. The Kier molecular flexibility index (Phi) is 7.52. The van der Waals surface area contributed by atoms with Gasteiger partial charge >= 0.3 is 0 Å². The number of amides is 2. The van der Waals surface area contributed by atoms with Crippen molar-refractivity contribution in [1.82, 2.24) is 15.2 Å². The minimum Gasteiger partial charge on any atom is -0.354 e. The van der Waals surface area contributed by atoms with Crippen molar-refractivity contribution in [2.75, 3.05) is 25.0 Å². The largest absolute Gasteiger partial charge is 0.354 e. The molecule has 166 valence electrons. The molecule has 8 heteroatoms. The summed E-state index contributed by atoms with van der Waals surface area (Å²) in [4.78, 5) is 31.7. The molecule has 1 fully saturated rings. The third-order valence-corrected chi connectivity index (χ3v) is 6.64. The Bertz CT molecular complexity index is 1070. The number of likely N-dealkylation sites (tertiary alicyclic amines) is 1. The van der Waals surface area contributed by atoms with E-state index in [1.165, 1.54) is 11.3 Å². The van der Waals surface area contributed by atoms with E-state index in [4.69, 9.17) is 11.6 Å². The van der Waals surface area contributed by atoms with Crippen LogP contribution < -0.4 is 10.6 Å². The fourth-order valence-electron chi connectivity index (χ4n) is 3.88. The Morgan fingerprint density at radius 3 is 2.53 bits per heavy atom. The van der Waals surface area contributed by atoms with Crippen LogP contribution in [-0.2, 0) is 11.2 Å². The van der Waals surface area contributed by atoms with Gasteiger partial charge in [0.1, 0.15) is 0 Å². The van der Waals surface area contributed by atoms with Gasteiger partial charge in [0, 0.05) is 22.5 Å². The van der Waals surface area contributed by atoms with Crippen molar-refractivity contribution < 1.29 is 9.59 Å². The molecular weight excluding hydrogens is 444 g/mol. The summed E-state index contributed by atoms with van der Waals surface area (Å²) in [7, 11) is 0. The number of hydrogen-bond acceptors (Lipinski definition) is 5. The summed E-state index contributed by atoms with van der Waals surface area (Å²) in [5, 5.41) is 8.83. The zero-order valence-corrected chi connectivity index (χ0v) is 19.2. The molecule has 2 heterocycles. The Balaban J connectivity index is 1.34. The molecule has 0 aliphatic carbocycles. The Labute approximate surface area is 196 Å². The lowest BCUT2D eigenvalue weighted by molar-refractivity contribution is -0.120. The van der Waals surface area contributed by atoms with Crippen LogP contribution in [0.2, 0.25) is 5.02 Å². The highest BCUT2D eigenvalue weighted by Gasteiger charge is 2.25. The van der Waals surface area contributed by atoms with Crippen LogP contribution in [0.15, 0.2) is 60.0 Å². The van der Waals surface area contributed by atoms with Gasteiger partial charge in [-0.25, -0.2) is 4.98 Å². The van der Waals surface area contributed by atoms with E-state index in [0.29, 0.717) is 22.9 Å². The first kappa shape index (κ1) is 22.5. The van der Waals surface area contributed by atoms with Crippen LogP contribution >= 0.6 is 22.9 Å². The maximum atomic E-state index is 12.6. The van der Waals surface area contributed by atoms with Gasteiger partial charge in [-0.2, -0.15) is 0 Å². The number of nitrogens with one attached hydrogen (secondary N) is 2. The molecule has 3 aromatic rings. The smallest absolute Gasteiger partial charge is 0.257 e. The van der Waals surface area contributed by atoms with Crippen LogP contribution in [0, 0.1) is 0 Å². The van der Waals surface area contributed by atoms with E-state index in [2.05, 4.69) is 20.5 Å². The number of halogens is 1. The quantitative estimate of drug-likeness (QED) is 0.508. The lowest BCUT2D eigenvalue weighted by Gasteiger charge is -2.29. The highest BCUT2D eigenvalue weighted by Crippen LogP contribution is 2.29. The van der Waals surface area contributed by atoms with Crippen LogP contribution in [0.3, 0.4) is 0 Å². The van der Waals surface area contributed by atoms with Crippen LogP contribution in [0.1, 0.15) is 40.5 Å². The van der Waals surface area contributed by atoms with Gasteiger partial charge < -0.3 is 5.32 Å². The molecule has 1 aromatic heterocycles. The molecule has 2 amide bonds. The van der Waals surface area contributed by atoms with Crippen molar-refractivity contribution >= 4 is 39.9 Å². The number of benzene rings is 2. The first-order chi connectivity index (χ1) is 15.6.